The molecule has 0 radical (unpaired) electrons. The number of morpholine rings is 1. The van der Waals surface area contributed by atoms with Gasteiger partial charge in [0.2, 0.25) is 0 Å². The van der Waals surface area contributed by atoms with Crippen LogP contribution in [0, 0.1) is 0 Å². The molecule has 0 unspecified atom stereocenters. The average molecular weight is 209 g/mol. The summed E-state index contributed by atoms with van der Waals surface area (Å²) >= 11 is 0. The summed E-state index contributed by atoms with van der Waals surface area (Å²) in [5, 5.41) is 0. The maximum atomic E-state index is 11.2. The van der Waals surface area contributed by atoms with E-state index in [-0.39, 0.29) is 13.1 Å². The minimum Gasteiger partial charge on any atom is -0.379 e. The van der Waals surface area contributed by atoms with Crippen LogP contribution in [0.25, 0.3) is 0 Å². The Balaban J connectivity index is 2.62. The molecular formula is C6H11NO5S. The molecular weight excluding hydrogens is 198 g/mol. The van der Waals surface area contributed by atoms with Crippen LogP contribution in [-0.2, 0) is 24.0 Å². The molecule has 0 aliphatic carbocycles. The van der Waals surface area contributed by atoms with Crippen LogP contribution in [0.3, 0.4) is 0 Å². The summed E-state index contributed by atoms with van der Waals surface area (Å²) < 4.78 is 32.7. The number of hydrogen-bond donors (Lipinski definition) is 0. The molecule has 0 amide bonds. The first-order valence-electron chi connectivity index (χ1n) is 3.80. The van der Waals surface area contributed by atoms with Crippen LogP contribution < -0.4 is 0 Å². The molecule has 0 aromatic heterocycles. The van der Waals surface area contributed by atoms with E-state index in [0.717, 1.165) is 11.2 Å². The van der Waals surface area contributed by atoms with Crippen molar-refractivity contribution in [3.63, 3.8) is 0 Å². The molecule has 0 bridgehead atoms. The van der Waals surface area contributed by atoms with Gasteiger partial charge in [-0.15, -0.1) is 0 Å². The number of nitrogens with zero attached hydrogens (tertiary/aromatic N) is 1. The Kier molecular flexibility index (Phi) is 3.23. The van der Waals surface area contributed by atoms with E-state index in [1.54, 1.807) is 0 Å². The maximum Gasteiger partial charge on any atom is 0.387 e. The standard InChI is InChI=1S/C6H11NO5S/c1-6(8)12-13(9,10)7-2-4-11-5-3-7/h2-5H2,1H3. The molecule has 7 heteroatoms. The number of ether oxygens (including phenoxy) is 1. The van der Waals surface area contributed by atoms with Crippen molar-refractivity contribution in [2.75, 3.05) is 26.3 Å². The van der Waals surface area contributed by atoms with Crippen molar-refractivity contribution in [2.24, 2.45) is 0 Å². The molecule has 0 aromatic carbocycles. The molecule has 1 aliphatic heterocycles. The van der Waals surface area contributed by atoms with Gasteiger partial charge in [-0.3, -0.25) is 4.79 Å². The first kappa shape index (κ1) is 10.4. The highest BCUT2D eigenvalue weighted by molar-refractivity contribution is 7.84. The highest BCUT2D eigenvalue weighted by atomic mass is 32.2. The molecule has 1 heterocycles. The third kappa shape index (κ3) is 2.94. The van der Waals surface area contributed by atoms with Crippen molar-refractivity contribution in [1.82, 2.24) is 4.31 Å². The van der Waals surface area contributed by atoms with E-state index in [1.807, 2.05) is 0 Å². The fourth-order valence-corrected chi connectivity index (χ4v) is 1.97. The Morgan fingerprint density at radius 1 is 1.38 bits per heavy atom. The monoisotopic (exact) mass is 209 g/mol. The third-order valence-electron chi connectivity index (χ3n) is 1.51. The van der Waals surface area contributed by atoms with Crippen molar-refractivity contribution in [1.29, 1.82) is 0 Å². The molecule has 0 N–H and O–H groups in total. The van der Waals surface area contributed by atoms with Gasteiger partial charge in [-0.25, -0.2) is 0 Å². The summed E-state index contributed by atoms with van der Waals surface area (Å²) in [5.41, 5.74) is 0. The van der Waals surface area contributed by atoms with E-state index >= 15 is 0 Å². The number of hydrogen-bond acceptors (Lipinski definition) is 5. The van der Waals surface area contributed by atoms with Gasteiger partial charge in [0.15, 0.2) is 0 Å². The molecule has 6 nitrogen and oxygen atoms in total. The Labute approximate surface area is 76.7 Å². The van der Waals surface area contributed by atoms with E-state index in [2.05, 4.69) is 4.18 Å². The van der Waals surface area contributed by atoms with Gasteiger partial charge in [-0.2, -0.15) is 12.7 Å². The molecule has 0 aromatic rings. The Morgan fingerprint density at radius 2 is 1.92 bits per heavy atom. The zero-order valence-electron chi connectivity index (χ0n) is 7.23. The topological polar surface area (TPSA) is 72.9 Å². The van der Waals surface area contributed by atoms with Crippen LogP contribution in [0.2, 0.25) is 0 Å². The second-order valence-corrected chi connectivity index (χ2v) is 4.08. The summed E-state index contributed by atoms with van der Waals surface area (Å²) in [6, 6.07) is 0. The van der Waals surface area contributed by atoms with Gasteiger partial charge in [0, 0.05) is 20.0 Å². The Bertz CT molecular complexity index is 279. The highest BCUT2D eigenvalue weighted by Gasteiger charge is 2.26. The Hall–Kier alpha value is -0.660. The number of rotatable bonds is 2. The minimum atomic E-state index is -3.88. The lowest BCUT2D eigenvalue weighted by Crippen LogP contribution is -2.42. The lowest BCUT2D eigenvalue weighted by Gasteiger charge is -2.24. The molecule has 0 spiro atoms. The van der Waals surface area contributed by atoms with Gasteiger partial charge < -0.3 is 8.92 Å². The number of carbonyl (C=O) groups excluding carboxylic acids is 1. The van der Waals surface area contributed by atoms with E-state index in [0.29, 0.717) is 13.2 Å². The molecule has 1 fully saturated rings. The van der Waals surface area contributed by atoms with E-state index in [9.17, 15) is 13.2 Å². The van der Waals surface area contributed by atoms with Gasteiger partial charge >= 0.3 is 16.3 Å². The second kappa shape index (κ2) is 4.03. The fraction of sp³-hybridized carbons (Fsp3) is 0.833. The Morgan fingerprint density at radius 3 is 2.38 bits per heavy atom. The summed E-state index contributed by atoms with van der Waals surface area (Å²) in [6.07, 6.45) is 0. The quantitative estimate of drug-likeness (QED) is 0.591. The first-order valence-corrected chi connectivity index (χ1v) is 5.17. The predicted octanol–water partition coefficient (Wildman–Crippen LogP) is -0.873. The zero-order chi connectivity index (χ0) is 9.90. The highest BCUT2D eigenvalue weighted by Crippen LogP contribution is 2.06. The first-order chi connectivity index (χ1) is 6.02. The third-order valence-corrected chi connectivity index (χ3v) is 2.95. The molecule has 1 aliphatic rings. The molecule has 76 valence electrons. The zero-order valence-corrected chi connectivity index (χ0v) is 8.04. The van der Waals surface area contributed by atoms with Crippen molar-refractivity contribution in [3.05, 3.63) is 0 Å². The molecule has 1 saturated heterocycles. The summed E-state index contributed by atoms with van der Waals surface area (Å²) in [6.45, 7) is 2.18. The van der Waals surface area contributed by atoms with Gasteiger partial charge in [0.05, 0.1) is 13.2 Å². The van der Waals surface area contributed by atoms with Crippen molar-refractivity contribution in [2.45, 2.75) is 6.92 Å². The van der Waals surface area contributed by atoms with Crippen LogP contribution in [-0.4, -0.2) is 45.0 Å². The van der Waals surface area contributed by atoms with E-state index in [1.165, 1.54) is 0 Å². The van der Waals surface area contributed by atoms with Crippen LogP contribution in [0.4, 0.5) is 0 Å². The van der Waals surface area contributed by atoms with Crippen molar-refractivity contribution >= 4 is 16.3 Å². The van der Waals surface area contributed by atoms with Crippen molar-refractivity contribution < 1.29 is 22.1 Å². The minimum absolute atomic E-state index is 0.232. The fourth-order valence-electron chi connectivity index (χ4n) is 0.971. The van der Waals surface area contributed by atoms with E-state index in [4.69, 9.17) is 4.74 Å². The summed E-state index contributed by atoms with van der Waals surface area (Å²) in [4.78, 5) is 10.4. The normalized spacial score (nSPS) is 19.8. The largest absolute Gasteiger partial charge is 0.387 e. The molecule has 0 saturated carbocycles. The van der Waals surface area contributed by atoms with Gasteiger partial charge in [0.1, 0.15) is 0 Å². The lowest BCUT2D eigenvalue weighted by molar-refractivity contribution is -0.131. The van der Waals surface area contributed by atoms with Crippen LogP contribution in [0.5, 0.6) is 0 Å². The van der Waals surface area contributed by atoms with Crippen LogP contribution in [0.1, 0.15) is 6.92 Å². The summed E-state index contributed by atoms with van der Waals surface area (Å²) in [5.74, 6) is -0.827. The predicted molar refractivity (Wildman–Crippen MR) is 43.1 cm³/mol. The van der Waals surface area contributed by atoms with Crippen LogP contribution >= 0.6 is 0 Å². The SMILES string of the molecule is CC(=O)OS(=O)(=O)N1CCOCC1. The van der Waals surface area contributed by atoms with Gasteiger partial charge in [-0.1, -0.05) is 0 Å². The van der Waals surface area contributed by atoms with E-state index < -0.39 is 16.3 Å². The van der Waals surface area contributed by atoms with Crippen molar-refractivity contribution in [3.8, 4) is 0 Å². The maximum absolute atomic E-state index is 11.2. The van der Waals surface area contributed by atoms with Gasteiger partial charge in [0.25, 0.3) is 0 Å². The van der Waals surface area contributed by atoms with Gasteiger partial charge in [-0.05, 0) is 0 Å². The lowest BCUT2D eigenvalue weighted by atomic mass is 10.5. The number of carbonyl (C=O) groups is 1. The van der Waals surface area contributed by atoms with Crippen LogP contribution in [0.15, 0.2) is 0 Å². The second-order valence-electron chi connectivity index (χ2n) is 2.54. The smallest absolute Gasteiger partial charge is 0.379 e. The molecule has 13 heavy (non-hydrogen) atoms. The molecule has 0 atom stereocenters. The summed E-state index contributed by atoms with van der Waals surface area (Å²) in [7, 11) is -3.88. The molecule has 1 rings (SSSR count). The average Bonchev–Trinajstić information content (AvgIpc) is 2.04.